The molecule has 1 aliphatic rings. The molecular weight excluding hydrogens is 202 g/mol. The van der Waals surface area contributed by atoms with Gasteiger partial charge < -0.3 is 10.1 Å². The van der Waals surface area contributed by atoms with Gasteiger partial charge in [-0.3, -0.25) is 0 Å². The Morgan fingerprint density at radius 1 is 1.44 bits per heavy atom. The zero-order valence-electron chi connectivity index (χ0n) is 9.96. The fraction of sp³-hybridized carbons (Fsp3) is 0.462. The Balaban J connectivity index is 2.47. The topological polar surface area (TPSA) is 38.3 Å². The van der Waals surface area contributed by atoms with Crippen molar-refractivity contribution in [1.29, 1.82) is 0 Å². The number of ether oxygens (including phenoxy) is 1. The third kappa shape index (κ3) is 1.83. The molecule has 0 fully saturated rings. The van der Waals surface area contributed by atoms with Crippen LogP contribution in [0, 0.1) is 0 Å². The van der Waals surface area contributed by atoms with Crippen molar-refractivity contribution in [3.8, 4) is 0 Å². The number of carbonyl (C=O) groups is 1. The third-order valence-corrected chi connectivity index (χ3v) is 3.14. The molecule has 2 rings (SSSR count). The Morgan fingerprint density at radius 2 is 2.19 bits per heavy atom. The smallest absolute Gasteiger partial charge is 0.337 e. The summed E-state index contributed by atoms with van der Waals surface area (Å²) in [7, 11) is 1.41. The van der Waals surface area contributed by atoms with Crippen LogP contribution in [-0.2, 0) is 16.7 Å². The fourth-order valence-corrected chi connectivity index (χ4v) is 2.21. The number of hydrogen-bond donors (Lipinski definition) is 1. The number of fused-ring (bicyclic) bond motifs is 1. The molecule has 1 aliphatic heterocycles. The maximum atomic E-state index is 11.5. The van der Waals surface area contributed by atoms with E-state index in [0.717, 1.165) is 13.1 Å². The summed E-state index contributed by atoms with van der Waals surface area (Å²) in [6, 6.07) is 5.80. The first-order valence-electron chi connectivity index (χ1n) is 5.47. The predicted molar refractivity (Wildman–Crippen MR) is 62.5 cm³/mol. The molecular formula is C13H17NO2. The van der Waals surface area contributed by atoms with Gasteiger partial charge in [0, 0.05) is 18.5 Å². The number of hydrogen-bond acceptors (Lipinski definition) is 3. The molecule has 1 heterocycles. The van der Waals surface area contributed by atoms with E-state index >= 15 is 0 Å². The number of rotatable bonds is 1. The van der Waals surface area contributed by atoms with E-state index in [1.165, 1.54) is 18.2 Å². The minimum Gasteiger partial charge on any atom is -0.465 e. The highest BCUT2D eigenvalue weighted by molar-refractivity contribution is 5.89. The highest BCUT2D eigenvalue weighted by Gasteiger charge is 2.27. The SMILES string of the molecule is COC(=O)c1ccc2c(c1)C(C)(C)CNC2. The van der Waals surface area contributed by atoms with Crippen molar-refractivity contribution in [3.63, 3.8) is 0 Å². The van der Waals surface area contributed by atoms with Gasteiger partial charge in [-0.1, -0.05) is 19.9 Å². The zero-order valence-corrected chi connectivity index (χ0v) is 9.96. The van der Waals surface area contributed by atoms with Crippen molar-refractivity contribution < 1.29 is 9.53 Å². The number of carbonyl (C=O) groups excluding carboxylic acids is 1. The number of nitrogens with one attached hydrogen (secondary N) is 1. The van der Waals surface area contributed by atoms with Crippen LogP contribution in [0.2, 0.25) is 0 Å². The third-order valence-electron chi connectivity index (χ3n) is 3.14. The Kier molecular flexibility index (Phi) is 2.72. The van der Waals surface area contributed by atoms with Gasteiger partial charge >= 0.3 is 5.97 Å². The Morgan fingerprint density at radius 3 is 2.88 bits per heavy atom. The van der Waals surface area contributed by atoms with E-state index in [2.05, 4.69) is 19.2 Å². The molecule has 16 heavy (non-hydrogen) atoms. The summed E-state index contributed by atoms with van der Waals surface area (Å²) in [5.41, 5.74) is 3.21. The molecule has 0 spiro atoms. The first kappa shape index (κ1) is 11.1. The normalized spacial score (nSPS) is 17.7. The van der Waals surface area contributed by atoms with Crippen molar-refractivity contribution in [3.05, 3.63) is 34.9 Å². The molecule has 1 aromatic carbocycles. The monoisotopic (exact) mass is 219 g/mol. The Labute approximate surface area is 95.8 Å². The molecule has 0 saturated carbocycles. The predicted octanol–water partition coefficient (Wildman–Crippen LogP) is 1.85. The van der Waals surface area contributed by atoms with Gasteiger partial charge in [0.15, 0.2) is 0 Å². The van der Waals surface area contributed by atoms with Gasteiger partial charge in [0.2, 0.25) is 0 Å². The lowest BCUT2D eigenvalue weighted by atomic mass is 9.78. The molecule has 0 radical (unpaired) electrons. The van der Waals surface area contributed by atoms with E-state index in [9.17, 15) is 4.79 Å². The summed E-state index contributed by atoms with van der Waals surface area (Å²) >= 11 is 0. The first-order chi connectivity index (χ1) is 7.54. The minimum absolute atomic E-state index is 0.0671. The van der Waals surface area contributed by atoms with Gasteiger partial charge in [0.25, 0.3) is 0 Å². The van der Waals surface area contributed by atoms with E-state index in [-0.39, 0.29) is 11.4 Å². The van der Waals surface area contributed by atoms with Crippen molar-refractivity contribution in [1.82, 2.24) is 5.32 Å². The van der Waals surface area contributed by atoms with Gasteiger partial charge in [-0.15, -0.1) is 0 Å². The van der Waals surface area contributed by atoms with Crippen LogP contribution in [0.1, 0.15) is 35.3 Å². The van der Waals surface area contributed by atoms with Crippen LogP contribution < -0.4 is 5.32 Å². The highest BCUT2D eigenvalue weighted by Crippen LogP contribution is 2.30. The second-order valence-electron chi connectivity index (χ2n) is 4.85. The number of benzene rings is 1. The summed E-state index contributed by atoms with van der Waals surface area (Å²) in [6.45, 7) is 6.17. The molecule has 86 valence electrons. The Hall–Kier alpha value is -1.35. The summed E-state index contributed by atoms with van der Waals surface area (Å²) in [5.74, 6) is -0.267. The van der Waals surface area contributed by atoms with Crippen molar-refractivity contribution in [2.75, 3.05) is 13.7 Å². The van der Waals surface area contributed by atoms with Crippen LogP contribution in [0.5, 0.6) is 0 Å². The maximum absolute atomic E-state index is 11.5. The summed E-state index contributed by atoms with van der Waals surface area (Å²) in [5, 5.41) is 3.38. The quantitative estimate of drug-likeness (QED) is 0.733. The Bertz CT molecular complexity index is 424. The molecule has 0 unspecified atom stereocenters. The molecule has 0 saturated heterocycles. The van der Waals surface area contributed by atoms with Crippen LogP contribution in [0.4, 0.5) is 0 Å². The molecule has 1 N–H and O–H groups in total. The lowest BCUT2D eigenvalue weighted by Crippen LogP contribution is -2.38. The van der Waals surface area contributed by atoms with Crippen LogP contribution in [0.25, 0.3) is 0 Å². The molecule has 0 amide bonds. The van der Waals surface area contributed by atoms with Gasteiger partial charge in [-0.2, -0.15) is 0 Å². The van der Waals surface area contributed by atoms with E-state index in [4.69, 9.17) is 4.74 Å². The minimum atomic E-state index is -0.267. The van der Waals surface area contributed by atoms with E-state index < -0.39 is 0 Å². The largest absolute Gasteiger partial charge is 0.465 e. The molecule has 0 aromatic heterocycles. The second kappa shape index (κ2) is 3.91. The highest BCUT2D eigenvalue weighted by atomic mass is 16.5. The second-order valence-corrected chi connectivity index (χ2v) is 4.85. The van der Waals surface area contributed by atoms with Gasteiger partial charge in [0.1, 0.15) is 0 Å². The fourth-order valence-electron chi connectivity index (χ4n) is 2.21. The lowest BCUT2D eigenvalue weighted by molar-refractivity contribution is 0.0600. The molecule has 1 aromatic rings. The van der Waals surface area contributed by atoms with Crippen LogP contribution >= 0.6 is 0 Å². The molecule has 0 atom stereocenters. The van der Waals surface area contributed by atoms with Gasteiger partial charge in [-0.05, 0) is 23.3 Å². The number of esters is 1. The maximum Gasteiger partial charge on any atom is 0.337 e. The van der Waals surface area contributed by atoms with Crippen molar-refractivity contribution in [2.45, 2.75) is 25.8 Å². The molecule has 3 heteroatoms. The van der Waals surface area contributed by atoms with Crippen LogP contribution in [0.3, 0.4) is 0 Å². The standard InChI is InChI=1S/C13H17NO2/c1-13(2)8-14-7-10-5-4-9(6-11(10)13)12(15)16-3/h4-6,14H,7-8H2,1-3H3. The lowest BCUT2D eigenvalue weighted by Gasteiger charge is -2.33. The van der Waals surface area contributed by atoms with Gasteiger partial charge in [-0.25, -0.2) is 4.79 Å². The van der Waals surface area contributed by atoms with Gasteiger partial charge in [0.05, 0.1) is 12.7 Å². The van der Waals surface area contributed by atoms with E-state index in [1.807, 2.05) is 18.2 Å². The van der Waals surface area contributed by atoms with E-state index in [0.29, 0.717) is 5.56 Å². The van der Waals surface area contributed by atoms with E-state index in [1.54, 1.807) is 0 Å². The molecule has 0 aliphatic carbocycles. The van der Waals surface area contributed by atoms with Crippen molar-refractivity contribution >= 4 is 5.97 Å². The van der Waals surface area contributed by atoms with Crippen LogP contribution in [-0.4, -0.2) is 19.6 Å². The molecule has 3 nitrogen and oxygen atoms in total. The first-order valence-corrected chi connectivity index (χ1v) is 5.47. The average Bonchev–Trinajstić information content (AvgIpc) is 2.27. The number of methoxy groups -OCH3 is 1. The molecule has 0 bridgehead atoms. The van der Waals surface area contributed by atoms with Crippen molar-refractivity contribution in [2.24, 2.45) is 0 Å². The summed E-state index contributed by atoms with van der Waals surface area (Å²) < 4.78 is 4.74. The van der Waals surface area contributed by atoms with Crippen LogP contribution in [0.15, 0.2) is 18.2 Å². The summed E-state index contributed by atoms with van der Waals surface area (Å²) in [6.07, 6.45) is 0. The zero-order chi connectivity index (χ0) is 11.8. The average molecular weight is 219 g/mol. The summed E-state index contributed by atoms with van der Waals surface area (Å²) in [4.78, 5) is 11.5.